The molecule has 1 atom stereocenters. The average molecular weight is 421 g/mol. The molecule has 0 radical (unpaired) electrons. The van der Waals surface area contributed by atoms with E-state index in [2.05, 4.69) is 14.7 Å². The number of amides is 1. The Labute approximate surface area is 169 Å². The molecule has 3 rings (SSSR count). The van der Waals surface area contributed by atoms with Crippen LogP contribution in [0.3, 0.4) is 0 Å². The van der Waals surface area contributed by atoms with E-state index in [0.29, 0.717) is 32.1 Å². The summed E-state index contributed by atoms with van der Waals surface area (Å²) in [5, 5.41) is 0. The number of hydrogen-bond donors (Lipinski definition) is 1. The Morgan fingerprint density at radius 2 is 1.69 bits per heavy atom. The van der Waals surface area contributed by atoms with Gasteiger partial charge in [-0.15, -0.1) is 0 Å². The molecule has 1 saturated heterocycles. The Kier molecular flexibility index (Phi) is 6.43. The van der Waals surface area contributed by atoms with Crippen LogP contribution in [0, 0.1) is 11.7 Å². The number of anilines is 1. The molecular formula is C19H24FN5O3S. The summed E-state index contributed by atoms with van der Waals surface area (Å²) in [6, 6.07) is 5.85. The number of benzene rings is 1. The second-order valence-corrected chi connectivity index (χ2v) is 8.82. The van der Waals surface area contributed by atoms with Crippen molar-refractivity contribution >= 4 is 21.9 Å². The lowest BCUT2D eigenvalue weighted by Gasteiger charge is -2.37. The predicted molar refractivity (Wildman–Crippen MR) is 106 cm³/mol. The maximum atomic E-state index is 14.0. The summed E-state index contributed by atoms with van der Waals surface area (Å²) < 4.78 is 41.6. The third-order valence-corrected chi connectivity index (χ3v) is 6.24. The van der Waals surface area contributed by atoms with Crippen molar-refractivity contribution in [3.8, 4) is 0 Å². The number of nitrogens with zero attached hydrogens (tertiary/aromatic N) is 4. The first-order valence-corrected chi connectivity index (χ1v) is 10.9. The molecule has 156 valence electrons. The van der Waals surface area contributed by atoms with Gasteiger partial charge in [0.25, 0.3) is 0 Å². The van der Waals surface area contributed by atoms with E-state index in [1.165, 1.54) is 18.2 Å². The zero-order valence-corrected chi connectivity index (χ0v) is 17.1. The van der Waals surface area contributed by atoms with Crippen molar-refractivity contribution in [2.24, 2.45) is 5.92 Å². The van der Waals surface area contributed by atoms with Crippen molar-refractivity contribution < 1.29 is 17.6 Å². The Morgan fingerprint density at radius 1 is 1.07 bits per heavy atom. The second kappa shape index (κ2) is 8.83. The van der Waals surface area contributed by atoms with E-state index in [4.69, 9.17) is 0 Å². The molecule has 0 unspecified atom stereocenters. The quantitative estimate of drug-likeness (QED) is 0.755. The number of aromatic nitrogens is 2. The maximum Gasteiger partial charge on any atom is 0.244 e. The van der Waals surface area contributed by atoms with Crippen molar-refractivity contribution in [3.63, 3.8) is 0 Å². The van der Waals surface area contributed by atoms with Crippen LogP contribution in [0.25, 0.3) is 0 Å². The molecule has 1 aromatic carbocycles. The molecule has 29 heavy (non-hydrogen) atoms. The standard InChI is InChI=1S/C19H24FN5O3S/c1-14(2)17(23-29(27,28)16-7-4-3-6-15(16)20)18(26)24-10-12-25(13-11-24)19-21-8-5-9-22-19/h3-9,14,17,23H,10-13H2,1-2H3/t17-/m0/s1. The third kappa shape index (κ3) is 4.88. The van der Waals surface area contributed by atoms with Gasteiger partial charge in [0.15, 0.2) is 0 Å². The number of carbonyl (C=O) groups excluding carboxylic acids is 1. The van der Waals surface area contributed by atoms with Gasteiger partial charge >= 0.3 is 0 Å². The summed E-state index contributed by atoms with van der Waals surface area (Å²) in [4.78, 5) is 24.6. The molecule has 0 bridgehead atoms. The number of sulfonamides is 1. The highest BCUT2D eigenvalue weighted by Gasteiger charge is 2.34. The van der Waals surface area contributed by atoms with E-state index in [0.717, 1.165) is 6.07 Å². The number of hydrogen-bond acceptors (Lipinski definition) is 6. The predicted octanol–water partition coefficient (Wildman–Crippen LogP) is 1.27. The van der Waals surface area contributed by atoms with Crippen molar-refractivity contribution in [1.82, 2.24) is 19.6 Å². The van der Waals surface area contributed by atoms with Gasteiger partial charge in [0.05, 0.1) is 0 Å². The first-order chi connectivity index (χ1) is 13.8. The molecule has 0 aliphatic carbocycles. The molecule has 0 spiro atoms. The first kappa shape index (κ1) is 21.1. The van der Waals surface area contributed by atoms with Crippen molar-refractivity contribution in [2.75, 3.05) is 31.1 Å². The average Bonchev–Trinajstić information content (AvgIpc) is 2.72. The van der Waals surface area contributed by atoms with Crippen LogP contribution < -0.4 is 9.62 Å². The van der Waals surface area contributed by atoms with E-state index in [1.54, 1.807) is 37.2 Å². The van der Waals surface area contributed by atoms with Gasteiger partial charge in [-0.25, -0.2) is 22.8 Å². The van der Waals surface area contributed by atoms with E-state index in [1.807, 2.05) is 4.90 Å². The van der Waals surface area contributed by atoms with E-state index < -0.39 is 26.8 Å². The van der Waals surface area contributed by atoms with E-state index in [-0.39, 0.29) is 11.8 Å². The van der Waals surface area contributed by atoms with Gasteiger partial charge in [-0.3, -0.25) is 4.79 Å². The number of rotatable bonds is 6. The van der Waals surface area contributed by atoms with Crippen molar-refractivity contribution in [2.45, 2.75) is 24.8 Å². The number of nitrogens with one attached hydrogen (secondary N) is 1. The fraction of sp³-hybridized carbons (Fsp3) is 0.421. The number of carbonyl (C=O) groups is 1. The number of piperazine rings is 1. The van der Waals surface area contributed by atoms with Crippen LogP contribution in [0.2, 0.25) is 0 Å². The Bertz CT molecular complexity index is 947. The molecule has 8 nitrogen and oxygen atoms in total. The molecule has 1 amide bonds. The Balaban J connectivity index is 1.70. The molecule has 1 aliphatic rings. The van der Waals surface area contributed by atoms with Crippen LogP contribution >= 0.6 is 0 Å². The van der Waals surface area contributed by atoms with Crippen LogP contribution in [0.4, 0.5) is 10.3 Å². The van der Waals surface area contributed by atoms with Gasteiger partial charge < -0.3 is 9.80 Å². The van der Waals surface area contributed by atoms with Gasteiger partial charge in [0, 0.05) is 38.6 Å². The van der Waals surface area contributed by atoms with Gasteiger partial charge in [-0.1, -0.05) is 26.0 Å². The summed E-state index contributed by atoms with van der Waals surface area (Å²) >= 11 is 0. The van der Waals surface area contributed by atoms with E-state index >= 15 is 0 Å². The van der Waals surface area contributed by atoms with Crippen LogP contribution in [0.15, 0.2) is 47.6 Å². The zero-order chi connectivity index (χ0) is 21.0. The monoisotopic (exact) mass is 421 g/mol. The molecular weight excluding hydrogens is 397 g/mol. The molecule has 1 aliphatic heterocycles. The van der Waals surface area contributed by atoms with E-state index in [9.17, 15) is 17.6 Å². The summed E-state index contributed by atoms with van der Waals surface area (Å²) in [6.45, 7) is 5.42. The summed E-state index contributed by atoms with van der Waals surface area (Å²) in [5.74, 6) is -0.889. The minimum atomic E-state index is -4.18. The highest BCUT2D eigenvalue weighted by atomic mass is 32.2. The van der Waals surface area contributed by atoms with Gasteiger partial charge in [0.1, 0.15) is 16.8 Å². The smallest absolute Gasteiger partial charge is 0.244 e. The first-order valence-electron chi connectivity index (χ1n) is 9.37. The largest absolute Gasteiger partial charge is 0.338 e. The molecule has 1 fully saturated rings. The Morgan fingerprint density at radius 3 is 2.28 bits per heavy atom. The summed E-state index contributed by atoms with van der Waals surface area (Å²) in [7, 11) is -4.18. The summed E-state index contributed by atoms with van der Waals surface area (Å²) in [5.41, 5.74) is 0. The van der Waals surface area contributed by atoms with Crippen molar-refractivity contribution in [3.05, 3.63) is 48.5 Å². The Hall–Kier alpha value is -2.59. The molecule has 10 heteroatoms. The van der Waals surface area contributed by atoms with Crippen LogP contribution in [0.1, 0.15) is 13.8 Å². The lowest BCUT2D eigenvalue weighted by molar-refractivity contribution is -0.134. The molecule has 0 saturated carbocycles. The lowest BCUT2D eigenvalue weighted by atomic mass is 10.0. The molecule has 2 heterocycles. The minimum Gasteiger partial charge on any atom is -0.338 e. The SMILES string of the molecule is CC(C)[C@H](NS(=O)(=O)c1ccccc1F)C(=O)N1CCN(c2ncccn2)CC1. The second-order valence-electron chi connectivity index (χ2n) is 7.13. The minimum absolute atomic E-state index is 0.306. The highest BCUT2D eigenvalue weighted by Crippen LogP contribution is 2.18. The van der Waals surface area contributed by atoms with Crippen LogP contribution in [-0.2, 0) is 14.8 Å². The van der Waals surface area contributed by atoms with Crippen molar-refractivity contribution in [1.29, 1.82) is 0 Å². The fourth-order valence-electron chi connectivity index (χ4n) is 3.14. The van der Waals surface area contributed by atoms with Gasteiger partial charge in [-0.2, -0.15) is 4.72 Å². The fourth-order valence-corrected chi connectivity index (χ4v) is 4.56. The third-order valence-electron chi connectivity index (χ3n) is 4.77. The van der Waals surface area contributed by atoms with Gasteiger partial charge in [0.2, 0.25) is 21.9 Å². The molecule has 2 aromatic rings. The molecule has 1 N–H and O–H groups in total. The topological polar surface area (TPSA) is 95.5 Å². The normalized spacial score (nSPS) is 16.1. The maximum absolute atomic E-state index is 14.0. The van der Waals surface area contributed by atoms with Crippen LogP contribution in [-0.4, -0.2) is 61.4 Å². The lowest BCUT2D eigenvalue weighted by Crippen LogP contribution is -2.56. The molecule has 1 aromatic heterocycles. The van der Waals surface area contributed by atoms with Crippen LogP contribution in [0.5, 0.6) is 0 Å². The highest BCUT2D eigenvalue weighted by molar-refractivity contribution is 7.89. The zero-order valence-electron chi connectivity index (χ0n) is 16.3. The number of halogens is 1. The van der Waals surface area contributed by atoms with Gasteiger partial charge in [-0.05, 0) is 24.1 Å². The summed E-state index contributed by atoms with van der Waals surface area (Å²) in [6.07, 6.45) is 3.32.